The molecule has 0 radical (unpaired) electrons. The number of para-hydroxylation sites is 1. The summed E-state index contributed by atoms with van der Waals surface area (Å²) in [7, 11) is 0. The number of anilines is 1. The van der Waals surface area contributed by atoms with Crippen LogP contribution < -0.4 is 15.0 Å². The molecule has 1 fully saturated rings. The second kappa shape index (κ2) is 10.4. The van der Waals surface area contributed by atoms with E-state index in [1.54, 1.807) is 24.3 Å². The fourth-order valence-electron chi connectivity index (χ4n) is 3.78. The Bertz CT molecular complexity index is 1370. The van der Waals surface area contributed by atoms with Crippen LogP contribution in [0, 0.1) is 12.7 Å². The number of halogens is 1. The summed E-state index contributed by atoms with van der Waals surface area (Å²) in [4.78, 5) is 26.8. The normalized spacial score (nSPS) is 14.7. The minimum Gasteiger partial charge on any atom is -0.489 e. The molecule has 35 heavy (non-hydrogen) atoms. The highest BCUT2D eigenvalue weighted by Crippen LogP contribution is 2.27. The van der Waals surface area contributed by atoms with E-state index in [1.807, 2.05) is 31.2 Å². The van der Waals surface area contributed by atoms with E-state index in [4.69, 9.17) is 17.0 Å². The molecule has 176 valence electrons. The maximum Gasteiger partial charge on any atom is 0.270 e. The Balaban J connectivity index is 1.63. The van der Waals surface area contributed by atoms with Crippen molar-refractivity contribution in [1.82, 2.24) is 5.32 Å². The minimum absolute atomic E-state index is 0.0272. The number of benzene rings is 3. The van der Waals surface area contributed by atoms with Crippen LogP contribution in [0.1, 0.15) is 22.3 Å². The molecule has 0 aliphatic carbocycles. The minimum atomic E-state index is -0.700. The van der Waals surface area contributed by atoms with Crippen LogP contribution in [0.15, 0.2) is 85.0 Å². The highest BCUT2D eigenvalue weighted by molar-refractivity contribution is 7.80. The van der Waals surface area contributed by atoms with Gasteiger partial charge in [0.15, 0.2) is 5.11 Å². The number of hydrogen-bond acceptors (Lipinski definition) is 4. The first kappa shape index (κ1) is 24.0. The van der Waals surface area contributed by atoms with Crippen LogP contribution in [0.4, 0.5) is 10.1 Å². The fourth-order valence-corrected chi connectivity index (χ4v) is 4.06. The van der Waals surface area contributed by atoms with Gasteiger partial charge in [0, 0.05) is 0 Å². The summed E-state index contributed by atoms with van der Waals surface area (Å²) in [5.74, 6) is -1.28. The topological polar surface area (TPSA) is 58.6 Å². The highest BCUT2D eigenvalue weighted by Gasteiger charge is 2.35. The summed E-state index contributed by atoms with van der Waals surface area (Å²) < 4.78 is 20.4. The van der Waals surface area contributed by atoms with Crippen molar-refractivity contribution in [2.24, 2.45) is 0 Å². The Morgan fingerprint density at radius 2 is 1.89 bits per heavy atom. The number of carbonyl (C=O) groups is 2. The molecule has 1 saturated heterocycles. The van der Waals surface area contributed by atoms with Crippen LogP contribution in [0.5, 0.6) is 5.75 Å². The summed E-state index contributed by atoms with van der Waals surface area (Å²) in [5, 5.41) is 2.30. The smallest absolute Gasteiger partial charge is 0.270 e. The third-order valence-corrected chi connectivity index (χ3v) is 5.72. The Hall–Kier alpha value is -4.10. The third-order valence-electron chi connectivity index (χ3n) is 5.43. The summed E-state index contributed by atoms with van der Waals surface area (Å²) >= 11 is 5.14. The molecule has 0 spiro atoms. The first-order chi connectivity index (χ1) is 16.9. The number of amides is 2. The largest absolute Gasteiger partial charge is 0.489 e. The Morgan fingerprint density at radius 1 is 1.09 bits per heavy atom. The van der Waals surface area contributed by atoms with Crippen molar-refractivity contribution in [3.8, 4) is 5.75 Å². The molecule has 7 heteroatoms. The van der Waals surface area contributed by atoms with Gasteiger partial charge in [0.1, 0.15) is 23.7 Å². The van der Waals surface area contributed by atoms with Crippen LogP contribution in [-0.2, 0) is 22.6 Å². The van der Waals surface area contributed by atoms with E-state index < -0.39 is 17.6 Å². The first-order valence-electron chi connectivity index (χ1n) is 11.0. The van der Waals surface area contributed by atoms with Gasteiger partial charge in [-0.2, -0.15) is 0 Å². The van der Waals surface area contributed by atoms with Gasteiger partial charge < -0.3 is 4.74 Å². The number of aryl methyl sites for hydroxylation is 1. The number of carbonyl (C=O) groups excluding carboxylic acids is 2. The van der Waals surface area contributed by atoms with E-state index in [1.165, 1.54) is 24.3 Å². The van der Waals surface area contributed by atoms with E-state index in [9.17, 15) is 14.0 Å². The quantitative estimate of drug-likeness (QED) is 0.214. The zero-order chi connectivity index (χ0) is 24.9. The third kappa shape index (κ3) is 5.36. The molecule has 5 nitrogen and oxygen atoms in total. The predicted molar refractivity (Wildman–Crippen MR) is 138 cm³/mol. The van der Waals surface area contributed by atoms with Crippen LogP contribution in [-0.4, -0.2) is 16.9 Å². The maximum atomic E-state index is 14.4. The average molecular weight is 487 g/mol. The molecule has 3 aromatic carbocycles. The van der Waals surface area contributed by atoms with Crippen LogP contribution in [0.3, 0.4) is 0 Å². The first-order valence-corrected chi connectivity index (χ1v) is 11.4. The Kier molecular flexibility index (Phi) is 7.17. The molecular weight excluding hydrogens is 463 g/mol. The van der Waals surface area contributed by atoms with Crippen LogP contribution >= 0.6 is 12.2 Å². The maximum absolute atomic E-state index is 14.4. The summed E-state index contributed by atoms with van der Waals surface area (Å²) in [5.41, 5.74) is 3.49. The lowest BCUT2D eigenvalue weighted by Crippen LogP contribution is -2.54. The number of rotatable bonds is 7. The molecule has 1 aliphatic rings. The highest BCUT2D eigenvalue weighted by atomic mass is 32.1. The monoisotopic (exact) mass is 486 g/mol. The molecule has 1 aliphatic heterocycles. The number of hydrogen-bond donors (Lipinski definition) is 1. The average Bonchev–Trinajstić information content (AvgIpc) is 2.82. The lowest BCUT2D eigenvalue weighted by atomic mass is 10.0. The Morgan fingerprint density at radius 3 is 2.63 bits per heavy atom. The van der Waals surface area contributed by atoms with Gasteiger partial charge in [0.2, 0.25) is 0 Å². The van der Waals surface area contributed by atoms with Gasteiger partial charge in [-0.3, -0.25) is 14.9 Å². The lowest BCUT2D eigenvalue weighted by molar-refractivity contribution is -0.122. The summed E-state index contributed by atoms with van der Waals surface area (Å²) in [6, 6.07) is 19.2. The molecule has 0 aromatic heterocycles. The molecule has 0 atom stereocenters. The van der Waals surface area contributed by atoms with Gasteiger partial charge in [0.05, 0.1) is 5.69 Å². The second-order valence-electron chi connectivity index (χ2n) is 8.05. The zero-order valence-electron chi connectivity index (χ0n) is 19.1. The SMILES string of the molecule is C=CCc1cc(/C=C2\C(=O)NC(=S)N(c3ccccc3F)C2=O)ccc1OCc1cccc(C)c1. The lowest BCUT2D eigenvalue weighted by Gasteiger charge is -2.29. The van der Waals surface area contributed by atoms with Crippen molar-refractivity contribution in [3.63, 3.8) is 0 Å². The van der Waals surface area contributed by atoms with E-state index in [-0.39, 0.29) is 16.4 Å². The molecule has 0 bridgehead atoms. The van der Waals surface area contributed by atoms with E-state index >= 15 is 0 Å². The standard InChI is InChI=1S/C28H23FN2O3S/c1-3-7-21-15-19(12-13-25(21)34-17-20-9-6-8-18(2)14-20)16-22-26(32)30-28(35)31(27(22)33)24-11-5-4-10-23(24)29/h3-6,8-16H,1,7,17H2,2H3,(H,30,32,35)/b22-16+. The van der Waals surface area contributed by atoms with Crippen molar-refractivity contribution in [2.75, 3.05) is 4.90 Å². The van der Waals surface area contributed by atoms with Crippen LogP contribution in [0.2, 0.25) is 0 Å². The van der Waals surface area contributed by atoms with Crippen molar-refractivity contribution >= 4 is 40.9 Å². The number of ether oxygens (including phenoxy) is 1. The summed E-state index contributed by atoms with van der Waals surface area (Å²) in [6.45, 7) is 6.24. The molecule has 2 amide bonds. The van der Waals surface area contributed by atoms with Crippen molar-refractivity contribution in [3.05, 3.63) is 113 Å². The molecule has 3 aromatic rings. The molecule has 0 unspecified atom stereocenters. The van der Waals surface area contributed by atoms with Crippen LogP contribution in [0.25, 0.3) is 6.08 Å². The van der Waals surface area contributed by atoms with Gasteiger partial charge in [-0.1, -0.05) is 54.1 Å². The number of nitrogens with one attached hydrogen (secondary N) is 1. The van der Waals surface area contributed by atoms with E-state index in [0.29, 0.717) is 24.3 Å². The van der Waals surface area contributed by atoms with Crippen molar-refractivity contribution in [1.29, 1.82) is 0 Å². The van der Waals surface area contributed by atoms with E-state index in [2.05, 4.69) is 18.0 Å². The van der Waals surface area contributed by atoms with Crippen molar-refractivity contribution < 1.29 is 18.7 Å². The fraction of sp³-hybridized carbons (Fsp3) is 0.107. The van der Waals surface area contributed by atoms with Gasteiger partial charge in [0.25, 0.3) is 11.8 Å². The molecule has 1 heterocycles. The van der Waals surface area contributed by atoms with E-state index in [0.717, 1.165) is 21.6 Å². The molecular formula is C28H23FN2O3S. The predicted octanol–water partition coefficient (Wildman–Crippen LogP) is 5.27. The van der Waals surface area contributed by atoms with Gasteiger partial charge in [-0.05, 0) is 72.6 Å². The molecule has 1 N–H and O–H groups in total. The van der Waals surface area contributed by atoms with Crippen molar-refractivity contribution in [2.45, 2.75) is 20.0 Å². The van der Waals surface area contributed by atoms with Gasteiger partial charge in [-0.15, -0.1) is 6.58 Å². The number of nitrogens with zero attached hydrogens (tertiary/aromatic N) is 1. The van der Waals surface area contributed by atoms with Gasteiger partial charge in [-0.25, -0.2) is 9.29 Å². The number of thiocarbonyl (C=S) groups is 1. The Labute approximate surface area is 208 Å². The summed E-state index contributed by atoms with van der Waals surface area (Å²) in [6.07, 6.45) is 3.75. The second-order valence-corrected chi connectivity index (χ2v) is 8.43. The number of allylic oxidation sites excluding steroid dienone is 1. The van der Waals surface area contributed by atoms with Gasteiger partial charge >= 0.3 is 0 Å². The molecule has 4 rings (SSSR count). The molecule has 0 saturated carbocycles. The zero-order valence-corrected chi connectivity index (χ0v) is 19.9.